The summed E-state index contributed by atoms with van der Waals surface area (Å²) < 4.78 is 8.55. The highest BCUT2D eigenvalue weighted by molar-refractivity contribution is 5.82. The molecule has 4 aliphatic rings. The Labute approximate surface area is 240 Å². The van der Waals surface area contributed by atoms with E-state index in [-0.39, 0.29) is 18.0 Å². The van der Waals surface area contributed by atoms with E-state index >= 15 is 0 Å². The third-order valence-corrected chi connectivity index (χ3v) is 10.2. The van der Waals surface area contributed by atoms with Crippen LogP contribution in [0.4, 0.5) is 0 Å². The molecule has 1 aromatic carbocycles. The third-order valence-electron chi connectivity index (χ3n) is 10.2. The van der Waals surface area contributed by atoms with E-state index in [9.17, 15) is 4.79 Å². The van der Waals surface area contributed by atoms with Crippen molar-refractivity contribution in [3.63, 3.8) is 0 Å². The molecule has 2 aromatic rings. The Hall–Kier alpha value is -2.22. The zero-order chi connectivity index (χ0) is 27.3. The lowest BCUT2D eigenvalue weighted by molar-refractivity contribution is -0.123. The molecular formula is C33H49N5O2. The molecule has 3 N–H and O–H groups in total. The van der Waals surface area contributed by atoms with E-state index in [4.69, 9.17) is 9.72 Å². The summed E-state index contributed by atoms with van der Waals surface area (Å²) in [6.45, 7) is 1.76. The maximum Gasteiger partial charge on any atom is 0.237 e. The van der Waals surface area contributed by atoms with Crippen molar-refractivity contribution in [1.82, 2.24) is 25.5 Å². The molecule has 1 amide bonds. The van der Waals surface area contributed by atoms with Crippen LogP contribution in [0.3, 0.4) is 0 Å². The van der Waals surface area contributed by atoms with Crippen LogP contribution in [-0.2, 0) is 23.2 Å². The monoisotopic (exact) mass is 547 g/mol. The molecule has 218 valence electrons. The van der Waals surface area contributed by atoms with Gasteiger partial charge in [-0.05, 0) is 82.2 Å². The van der Waals surface area contributed by atoms with E-state index in [1.165, 1.54) is 56.2 Å². The Bertz CT molecular complexity index is 1080. The summed E-state index contributed by atoms with van der Waals surface area (Å²) in [6, 6.07) is 11.3. The van der Waals surface area contributed by atoms with Gasteiger partial charge < -0.3 is 25.3 Å². The van der Waals surface area contributed by atoms with Crippen LogP contribution >= 0.6 is 0 Å². The van der Waals surface area contributed by atoms with Crippen molar-refractivity contribution in [3.05, 3.63) is 53.6 Å². The lowest BCUT2D eigenvalue weighted by Gasteiger charge is -2.30. The molecule has 1 aromatic heterocycles. The molecule has 7 heteroatoms. The van der Waals surface area contributed by atoms with Crippen molar-refractivity contribution in [3.8, 4) is 0 Å². The van der Waals surface area contributed by atoms with Crippen LogP contribution in [0.1, 0.15) is 113 Å². The molecule has 7 nitrogen and oxygen atoms in total. The number of fused-ring (bicyclic) bond motifs is 1. The number of nitrogens with one attached hydrogen (secondary N) is 3. The van der Waals surface area contributed by atoms with Gasteiger partial charge in [0, 0.05) is 36.9 Å². The average molecular weight is 548 g/mol. The number of piperidine rings is 1. The highest BCUT2D eigenvalue weighted by Crippen LogP contribution is 2.36. The number of nitrogens with zero attached hydrogens (tertiary/aromatic N) is 2. The maximum atomic E-state index is 13.6. The first-order chi connectivity index (χ1) is 19.6. The smallest absolute Gasteiger partial charge is 0.237 e. The SMILES string of the molecule is Cn1c(C2CCC(OCc3ccccc3)CC2)cnc1[C@H](CC1CCCCN1)NC(=O)C1CC2CCCCC2N1. The van der Waals surface area contributed by atoms with E-state index in [2.05, 4.69) is 64.1 Å². The summed E-state index contributed by atoms with van der Waals surface area (Å²) in [5.41, 5.74) is 2.55. The van der Waals surface area contributed by atoms with Crippen LogP contribution in [0.15, 0.2) is 36.5 Å². The average Bonchev–Trinajstić information content (AvgIpc) is 3.61. The van der Waals surface area contributed by atoms with E-state index in [1.807, 2.05) is 0 Å². The Balaban J connectivity index is 1.09. The minimum absolute atomic E-state index is 0.0687. The summed E-state index contributed by atoms with van der Waals surface area (Å²) in [6.07, 6.45) is 17.4. The standard InChI is InChI=1S/C33H49N5O2/c1-38-31(24-14-16-27(17-15-24)40-22-23-9-3-2-4-10-23)21-35-32(38)29(20-26-12-7-8-18-34-26)37-33(39)30-19-25-11-5-6-13-28(25)36-30/h2-4,9-10,21,24-30,34,36H,5-8,11-20,22H2,1H3,(H,37,39)/t24?,25?,26?,27?,28?,29-,30?/m0/s1. The first-order valence-corrected chi connectivity index (χ1v) is 16.1. The van der Waals surface area contributed by atoms with Gasteiger partial charge in [0.2, 0.25) is 5.91 Å². The fourth-order valence-electron chi connectivity index (χ4n) is 7.89. The van der Waals surface area contributed by atoms with E-state index in [1.54, 1.807) is 0 Å². The lowest BCUT2D eigenvalue weighted by atomic mass is 9.85. The highest BCUT2D eigenvalue weighted by atomic mass is 16.5. The molecule has 40 heavy (non-hydrogen) atoms. The molecule has 0 spiro atoms. The molecule has 2 saturated carbocycles. The number of carbonyl (C=O) groups is 1. The molecule has 2 aliphatic carbocycles. The van der Waals surface area contributed by atoms with Gasteiger partial charge >= 0.3 is 0 Å². The highest BCUT2D eigenvalue weighted by Gasteiger charge is 2.39. The van der Waals surface area contributed by atoms with Crippen LogP contribution in [0.25, 0.3) is 0 Å². The zero-order valence-electron chi connectivity index (χ0n) is 24.3. The van der Waals surface area contributed by atoms with Crippen molar-refractivity contribution >= 4 is 5.91 Å². The van der Waals surface area contributed by atoms with Crippen LogP contribution in [-0.4, -0.2) is 46.2 Å². The molecular weight excluding hydrogens is 498 g/mol. The van der Waals surface area contributed by atoms with Gasteiger partial charge in [-0.1, -0.05) is 49.6 Å². The van der Waals surface area contributed by atoms with Gasteiger partial charge in [0.25, 0.3) is 0 Å². The van der Waals surface area contributed by atoms with Crippen LogP contribution < -0.4 is 16.0 Å². The van der Waals surface area contributed by atoms with Gasteiger partial charge in [-0.15, -0.1) is 0 Å². The molecule has 4 fully saturated rings. The molecule has 6 rings (SSSR count). The number of hydrogen-bond acceptors (Lipinski definition) is 5. The van der Waals surface area contributed by atoms with Crippen molar-refractivity contribution in [2.45, 2.75) is 126 Å². The van der Waals surface area contributed by atoms with Crippen LogP contribution in [0.5, 0.6) is 0 Å². The van der Waals surface area contributed by atoms with Crippen LogP contribution in [0.2, 0.25) is 0 Å². The Morgan fingerprint density at radius 1 is 1.05 bits per heavy atom. The summed E-state index contributed by atoms with van der Waals surface area (Å²) in [4.78, 5) is 18.6. The maximum absolute atomic E-state index is 13.6. The first kappa shape index (κ1) is 27.9. The number of benzene rings is 1. The van der Waals surface area contributed by atoms with Gasteiger partial charge in [0.1, 0.15) is 5.82 Å². The Kier molecular flexibility index (Phi) is 9.20. The van der Waals surface area contributed by atoms with Gasteiger partial charge in [-0.25, -0.2) is 4.98 Å². The van der Waals surface area contributed by atoms with Crippen LogP contribution in [0, 0.1) is 5.92 Å². The Morgan fingerprint density at radius 2 is 1.85 bits per heavy atom. The predicted octanol–water partition coefficient (Wildman–Crippen LogP) is 5.27. The number of amides is 1. The minimum Gasteiger partial charge on any atom is -0.374 e. The summed E-state index contributed by atoms with van der Waals surface area (Å²) >= 11 is 0. The number of ether oxygens (including phenoxy) is 1. The van der Waals surface area contributed by atoms with Gasteiger partial charge in [-0.3, -0.25) is 4.79 Å². The zero-order valence-corrected chi connectivity index (χ0v) is 24.3. The normalized spacial score (nSPS) is 31.4. The number of hydrogen-bond donors (Lipinski definition) is 3. The van der Waals surface area contributed by atoms with E-state index < -0.39 is 0 Å². The van der Waals surface area contributed by atoms with Gasteiger partial charge in [0.15, 0.2) is 0 Å². The fraction of sp³-hybridized carbons (Fsp3) is 0.697. The summed E-state index contributed by atoms with van der Waals surface area (Å²) in [5.74, 6) is 2.32. The number of aromatic nitrogens is 2. The number of rotatable bonds is 9. The van der Waals surface area contributed by atoms with Crippen molar-refractivity contribution in [2.24, 2.45) is 13.0 Å². The van der Waals surface area contributed by atoms with Crippen molar-refractivity contribution in [1.29, 1.82) is 0 Å². The Morgan fingerprint density at radius 3 is 2.62 bits per heavy atom. The second-order valence-electron chi connectivity index (χ2n) is 12.9. The summed E-state index contributed by atoms with van der Waals surface area (Å²) in [7, 11) is 2.16. The molecule has 0 radical (unpaired) electrons. The third kappa shape index (κ3) is 6.63. The first-order valence-electron chi connectivity index (χ1n) is 16.1. The molecule has 0 bridgehead atoms. The quantitative estimate of drug-likeness (QED) is 0.398. The second-order valence-corrected chi connectivity index (χ2v) is 12.9. The fourth-order valence-corrected chi connectivity index (χ4v) is 7.89. The molecule has 4 unspecified atom stereocenters. The molecule has 2 aliphatic heterocycles. The largest absolute Gasteiger partial charge is 0.374 e. The van der Waals surface area contributed by atoms with Gasteiger partial charge in [-0.2, -0.15) is 0 Å². The summed E-state index contributed by atoms with van der Waals surface area (Å²) in [5, 5.41) is 10.9. The number of imidazole rings is 1. The minimum atomic E-state index is -0.0724. The van der Waals surface area contributed by atoms with Gasteiger partial charge in [0.05, 0.1) is 24.8 Å². The molecule has 2 saturated heterocycles. The van der Waals surface area contributed by atoms with Crippen molar-refractivity contribution in [2.75, 3.05) is 6.54 Å². The van der Waals surface area contributed by atoms with Crippen molar-refractivity contribution < 1.29 is 9.53 Å². The van der Waals surface area contributed by atoms with E-state index in [0.29, 0.717) is 36.6 Å². The molecule has 3 heterocycles. The van der Waals surface area contributed by atoms with E-state index in [0.717, 1.165) is 50.9 Å². The molecule has 5 atom stereocenters. The second kappa shape index (κ2) is 13.2. The topological polar surface area (TPSA) is 80.2 Å². The predicted molar refractivity (Wildman–Crippen MR) is 158 cm³/mol. The number of carbonyl (C=O) groups excluding carboxylic acids is 1. The lowest BCUT2D eigenvalue weighted by Crippen LogP contribution is -2.46.